The SMILES string of the molecule is CCC(CC)(NC(=O)c1c(C)nn2c1N[C@@H](c1ccccc1)CC2(C)C)c1ccc(SC)cc1. The molecule has 180 valence electrons. The van der Waals surface area contributed by atoms with Crippen molar-refractivity contribution in [2.75, 3.05) is 11.6 Å². The zero-order chi connectivity index (χ0) is 24.5. The molecule has 1 amide bonds. The molecule has 3 aromatic rings. The Morgan fingerprint density at radius 2 is 1.79 bits per heavy atom. The quantitative estimate of drug-likeness (QED) is 0.375. The van der Waals surface area contributed by atoms with Gasteiger partial charge in [-0.15, -0.1) is 11.8 Å². The molecule has 1 aliphatic heterocycles. The number of hydrogen-bond donors (Lipinski definition) is 2. The van der Waals surface area contributed by atoms with Gasteiger partial charge in [-0.1, -0.05) is 56.3 Å². The molecule has 1 aromatic heterocycles. The van der Waals surface area contributed by atoms with E-state index in [1.165, 1.54) is 10.5 Å². The summed E-state index contributed by atoms with van der Waals surface area (Å²) in [4.78, 5) is 15.1. The molecule has 0 radical (unpaired) electrons. The summed E-state index contributed by atoms with van der Waals surface area (Å²) in [6.07, 6.45) is 4.58. The largest absolute Gasteiger partial charge is 0.363 e. The van der Waals surface area contributed by atoms with Crippen molar-refractivity contribution in [1.82, 2.24) is 15.1 Å². The molecule has 6 heteroatoms. The minimum absolute atomic E-state index is 0.0756. The van der Waals surface area contributed by atoms with Crippen LogP contribution in [0.5, 0.6) is 0 Å². The Kier molecular flexibility index (Phi) is 6.81. The number of carbonyl (C=O) groups excluding carboxylic acids is 1. The first kappa shape index (κ1) is 24.4. The standard InChI is InChI=1S/C28H36N4OS/c1-7-28(8-2,21-14-16-22(34-6)17-15-21)30-26(33)24-19(3)31-32-25(24)29-23(18-27(32,4)5)20-12-10-9-11-13-20/h9-17,23,29H,7-8,18H2,1-6H3,(H,30,33)/t23-/m1/s1. The van der Waals surface area contributed by atoms with Crippen LogP contribution in [0.1, 0.15) is 80.2 Å². The summed E-state index contributed by atoms with van der Waals surface area (Å²) >= 11 is 1.72. The van der Waals surface area contributed by atoms with Crippen LogP contribution in [-0.4, -0.2) is 21.9 Å². The molecule has 0 saturated heterocycles. The second-order valence-electron chi connectivity index (χ2n) is 9.82. The number of aryl methyl sites for hydroxylation is 1. The van der Waals surface area contributed by atoms with Gasteiger partial charge in [-0.3, -0.25) is 4.79 Å². The second-order valence-corrected chi connectivity index (χ2v) is 10.7. The molecular weight excluding hydrogens is 440 g/mol. The fraction of sp³-hybridized carbons (Fsp3) is 0.429. The summed E-state index contributed by atoms with van der Waals surface area (Å²) in [6.45, 7) is 10.6. The highest BCUT2D eigenvalue weighted by molar-refractivity contribution is 7.98. The third kappa shape index (κ3) is 4.36. The third-order valence-electron chi connectivity index (χ3n) is 7.28. The van der Waals surface area contributed by atoms with Gasteiger partial charge in [0.1, 0.15) is 11.4 Å². The number of thioether (sulfide) groups is 1. The van der Waals surface area contributed by atoms with Crippen molar-refractivity contribution >= 4 is 23.5 Å². The van der Waals surface area contributed by atoms with Gasteiger partial charge >= 0.3 is 0 Å². The van der Waals surface area contributed by atoms with Crippen LogP contribution < -0.4 is 10.6 Å². The van der Waals surface area contributed by atoms with Crippen molar-refractivity contribution in [1.29, 1.82) is 0 Å². The van der Waals surface area contributed by atoms with Crippen LogP contribution in [0.15, 0.2) is 59.5 Å². The van der Waals surface area contributed by atoms with Crippen LogP contribution in [0.3, 0.4) is 0 Å². The highest BCUT2D eigenvalue weighted by Gasteiger charge is 2.39. The second kappa shape index (κ2) is 9.49. The molecule has 0 bridgehead atoms. The lowest BCUT2D eigenvalue weighted by molar-refractivity contribution is 0.0889. The summed E-state index contributed by atoms with van der Waals surface area (Å²) in [5.74, 6) is 0.729. The molecule has 0 aliphatic carbocycles. The maximum absolute atomic E-state index is 13.9. The predicted molar refractivity (Wildman–Crippen MR) is 142 cm³/mol. The number of fused-ring (bicyclic) bond motifs is 1. The first-order valence-electron chi connectivity index (χ1n) is 12.1. The third-order valence-corrected chi connectivity index (χ3v) is 8.02. The Labute approximate surface area is 207 Å². The first-order chi connectivity index (χ1) is 16.2. The Morgan fingerprint density at radius 1 is 1.15 bits per heavy atom. The normalized spacial score (nSPS) is 17.1. The van der Waals surface area contributed by atoms with Gasteiger partial charge < -0.3 is 10.6 Å². The molecule has 2 N–H and O–H groups in total. The lowest BCUT2D eigenvalue weighted by Crippen LogP contribution is -2.45. The van der Waals surface area contributed by atoms with Gasteiger partial charge in [0.05, 0.1) is 22.8 Å². The van der Waals surface area contributed by atoms with Gasteiger partial charge in [0, 0.05) is 4.90 Å². The van der Waals surface area contributed by atoms with Crippen LogP contribution in [0.4, 0.5) is 5.82 Å². The van der Waals surface area contributed by atoms with E-state index in [2.05, 4.69) is 93.1 Å². The number of carbonyl (C=O) groups is 1. The highest BCUT2D eigenvalue weighted by atomic mass is 32.2. The number of aromatic nitrogens is 2. The Hall–Kier alpha value is -2.73. The van der Waals surface area contributed by atoms with Crippen molar-refractivity contribution in [3.63, 3.8) is 0 Å². The topological polar surface area (TPSA) is 59.0 Å². The number of amides is 1. The van der Waals surface area contributed by atoms with Gasteiger partial charge in [0.25, 0.3) is 5.91 Å². The fourth-order valence-corrected chi connectivity index (χ4v) is 5.56. The zero-order valence-electron chi connectivity index (χ0n) is 21.1. The maximum atomic E-state index is 13.9. The van der Waals surface area contributed by atoms with Crippen molar-refractivity contribution in [3.05, 3.63) is 77.0 Å². The minimum atomic E-state index is -0.432. The van der Waals surface area contributed by atoms with E-state index in [0.717, 1.165) is 36.3 Å². The predicted octanol–water partition coefficient (Wildman–Crippen LogP) is 6.65. The van der Waals surface area contributed by atoms with Crippen LogP contribution >= 0.6 is 11.8 Å². The Balaban J connectivity index is 1.71. The van der Waals surface area contributed by atoms with Crippen molar-refractivity contribution in [2.24, 2.45) is 0 Å². The lowest BCUT2D eigenvalue weighted by atomic mass is 9.84. The summed E-state index contributed by atoms with van der Waals surface area (Å²) in [6, 6.07) is 19.1. The van der Waals surface area contributed by atoms with Gasteiger partial charge in [0.15, 0.2) is 0 Å². The van der Waals surface area contributed by atoms with E-state index < -0.39 is 5.54 Å². The molecule has 0 saturated carbocycles. The number of benzene rings is 2. The number of anilines is 1. The fourth-order valence-electron chi connectivity index (χ4n) is 5.16. The number of rotatable bonds is 7. The Bertz CT molecular complexity index is 1150. The van der Waals surface area contributed by atoms with Crippen molar-refractivity contribution in [3.8, 4) is 0 Å². The summed E-state index contributed by atoms with van der Waals surface area (Å²) in [5, 5.41) is 11.9. The molecule has 0 fully saturated rings. The average molecular weight is 477 g/mol. The Morgan fingerprint density at radius 3 is 2.38 bits per heavy atom. The molecule has 2 aromatic carbocycles. The smallest absolute Gasteiger partial charge is 0.257 e. The molecule has 5 nitrogen and oxygen atoms in total. The minimum Gasteiger partial charge on any atom is -0.363 e. The number of nitrogens with one attached hydrogen (secondary N) is 2. The monoisotopic (exact) mass is 476 g/mol. The van der Waals surface area contributed by atoms with E-state index in [1.807, 2.05) is 17.7 Å². The molecular formula is C28H36N4OS. The van der Waals surface area contributed by atoms with Gasteiger partial charge in [-0.2, -0.15) is 5.10 Å². The average Bonchev–Trinajstić information content (AvgIpc) is 3.20. The van der Waals surface area contributed by atoms with Crippen molar-refractivity contribution < 1.29 is 4.79 Å². The van der Waals surface area contributed by atoms with Crippen LogP contribution in [0, 0.1) is 6.92 Å². The maximum Gasteiger partial charge on any atom is 0.257 e. The molecule has 0 spiro atoms. The summed E-state index contributed by atoms with van der Waals surface area (Å²) in [7, 11) is 0. The van der Waals surface area contributed by atoms with E-state index >= 15 is 0 Å². The van der Waals surface area contributed by atoms with Gasteiger partial charge in [-0.05, 0) is 69.5 Å². The molecule has 34 heavy (non-hydrogen) atoms. The highest BCUT2D eigenvalue weighted by Crippen LogP contribution is 2.41. The summed E-state index contributed by atoms with van der Waals surface area (Å²) < 4.78 is 2.00. The number of nitrogens with zero attached hydrogens (tertiary/aromatic N) is 2. The van der Waals surface area contributed by atoms with Crippen molar-refractivity contribution in [2.45, 2.75) is 75.9 Å². The molecule has 0 unspecified atom stereocenters. The summed E-state index contributed by atoms with van der Waals surface area (Å²) in [5.41, 5.74) is 3.10. The number of hydrogen-bond acceptors (Lipinski definition) is 4. The van der Waals surface area contributed by atoms with Crippen LogP contribution in [0.25, 0.3) is 0 Å². The van der Waals surface area contributed by atoms with E-state index in [4.69, 9.17) is 5.10 Å². The molecule has 1 aliphatic rings. The van der Waals surface area contributed by atoms with Crippen LogP contribution in [-0.2, 0) is 11.1 Å². The zero-order valence-corrected chi connectivity index (χ0v) is 21.9. The van der Waals surface area contributed by atoms with E-state index in [-0.39, 0.29) is 17.5 Å². The van der Waals surface area contributed by atoms with E-state index in [1.54, 1.807) is 11.8 Å². The van der Waals surface area contributed by atoms with Crippen LogP contribution in [0.2, 0.25) is 0 Å². The van der Waals surface area contributed by atoms with E-state index in [9.17, 15) is 4.79 Å². The lowest BCUT2D eigenvalue weighted by Gasteiger charge is -2.38. The van der Waals surface area contributed by atoms with E-state index in [0.29, 0.717) is 5.56 Å². The molecule has 1 atom stereocenters. The van der Waals surface area contributed by atoms with Gasteiger partial charge in [-0.25, -0.2) is 4.68 Å². The molecule has 2 heterocycles. The molecule has 4 rings (SSSR count). The first-order valence-corrected chi connectivity index (χ1v) is 13.4. The van der Waals surface area contributed by atoms with Gasteiger partial charge in [0.2, 0.25) is 0 Å².